The molecule has 0 spiro atoms. The molecule has 108 valence electrons. The first-order chi connectivity index (χ1) is 9.63. The Bertz CT molecular complexity index is 588. The zero-order chi connectivity index (χ0) is 14.1. The van der Waals surface area contributed by atoms with Gasteiger partial charge in [-0.15, -0.1) is 0 Å². The number of aromatic nitrogens is 1. The Morgan fingerprint density at radius 2 is 2.15 bits per heavy atom. The Kier molecular flexibility index (Phi) is 3.81. The van der Waals surface area contributed by atoms with Crippen LogP contribution in [0.5, 0.6) is 0 Å². The monoisotopic (exact) mass is 272 g/mol. The predicted octanol–water partition coefficient (Wildman–Crippen LogP) is 3.29. The Morgan fingerprint density at radius 3 is 2.85 bits per heavy atom. The molecule has 2 aromatic rings. The average Bonchev–Trinajstić information content (AvgIpc) is 3.01. The molecule has 1 aromatic heterocycles. The summed E-state index contributed by atoms with van der Waals surface area (Å²) in [6, 6.07) is 9.07. The summed E-state index contributed by atoms with van der Waals surface area (Å²) in [6.07, 6.45) is 2.99. The topological polar surface area (TPSA) is 48.0 Å². The summed E-state index contributed by atoms with van der Waals surface area (Å²) in [5, 5.41) is 14.6. The number of nitrogens with one attached hydrogen (secondary N) is 2. The molecule has 1 fully saturated rings. The van der Waals surface area contributed by atoms with Gasteiger partial charge in [0.1, 0.15) is 0 Å². The van der Waals surface area contributed by atoms with Gasteiger partial charge < -0.3 is 15.4 Å². The highest BCUT2D eigenvalue weighted by atomic mass is 16.3. The van der Waals surface area contributed by atoms with Crippen LogP contribution in [0.15, 0.2) is 24.3 Å². The summed E-state index contributed by atoms with van der Waals surface area (Å²) in [5.74, 6) is 0.526. The van der Waals surface area contributed by atoms with E-state index in [4.69, 9.17) is 0 Å². The van der Waals surface area contributed by atoms with E-state index in [-0.39, 0.29) is 12.1 Å². The summed E-state index contributed by atoms with van der Waals surface area (Å²) in [5.41, 5.74) is 3.78. The molecule has 3 heteroatoms. The molecule has 0 aliphatic heterocycles. The van der Waals surface area contributed by atoms with Crippen LogP contribution in [-0.4, -0.2) is 22.2 Å². The normalized spacial score (nSPS) is 23.0. The van der Waals surface area contributed by atoms with E-state index in [2.05, 4.69) is 48.4 Å². The summed E-state index contributed by atoms with van der Waals surface area (Å²) in [4.78, 5) is 3.47. The number of hydrogen-bond donors (Lipinski definition) is 3. The predicted molar refractivity (Wildman–Crippen MR) is 82.9 cm³/mol. The number of fused-ring (bicyclic) bond motifs is 1. The van der Waals surface area contributed by atoms with Gasteiger partial charge in [-0.1, -0.05) is 19.9 Å². The third kappa shape index (κ3) is 2.74. The third-order valence-corrected chi connectivity index (χ3v) is 4.38. The van der Waals surface area contributed by atoms with Crippen LogP contribution < -0.4 is 5.32 Å². The highest BCUT2D eigenvalue weighted by molar-refractivity contribution is 5.81. The van der Waals surface area contributed by atoms with Crippen molar-refractivity contribution in [1.29, 1.82) is 0 Å². The molecule has 0 saturated heterocycles. The number of aliphatic hydroxyl groups excluding tert-OH is 1. The minimum Gasteiger partial charge on any atom is -0.392 e. The third-order valence-electron chi connectivity index (χ3n) is 4.38. The van der Waals surface area contributed by atoms with Crippen LogP contribution in [0.3, 0.4) is 0 Å². The van der Waals surface area contributed by atoms with Gasteiger partial charge in [-0.25, -0.2) is 0 Å². The van der Waals surface area contributed by atoms with Crippen molar-refractivity contribution in [2.75, 3.05) is 0 Å². The lowest BCUT2D eigenvalue weighted by molar-refractivity contribution is 0.148. The lowest BCUT2D eigenvalue weighted by Gasteiger charge is -2.16. The number of benzene rings is 1. The summed E-state index contributed by atoms with van der Waals surface area (Å²) in [7, 11) is 0. The number of aliphatic hydroxyl groups is 1. The second-order valence-corrected chi connectivity index (χ2v) is 6.29. The Labute approximate surface area is 120 Å². The molecular formula is C17H24N2O. The van der Waals surface area contributed by atoms with Gasteiger partial charge in [0, 0.05) is 23.8 Å². The van der Waals surface area contributed by atoms with E-state index >= 15 is 0 Å². The van der Waals surface area contributed by atoms with Gasteiger partial charge in [-0.3, -0.25) is 0 Å². The quantitative estimate of drug-likeness (QED) is 0.800. The second-order valence-electron chi connectivity index (χ2n) is 6.29. The van der Waals surface area contributed by atoms with Crippen molar-refractivity contribution in [3.8, 4) is 0 Å². The fraction of sp³-hybridized carbons (Fsp3) is 0.529. The van der Waals surface area contributed by atoms with Crippen molar-refractivity contribution in [3.05, 3.63) is 35.5 Å². The standard InChI is InChI=1S/C17H24N2O/c1-11(2)16-9-13-8-12(6-7-14(13)19-16)10-18-15-4-3-5-17(15)20/h6-9,11,15,17-20H,3-5,10H2,1-2H3. The summed E-state index contributed by atoms with van der Waals surface area (Å²) < 4.78 is 0. The van der Waals surface area contributed by atoms with Gasteiger partial charge in [-0.05, 0) is 54.3 Å². The second kappa shape index (κ2) is 5.58. The van der Waals surface area contributed by atoms with Crippen LogP contribution >= 0.6 is 0 Å². The highest BCUT2D eigenvalue weighted by Gasteiger charge is 2.24. The zero-order valence-corrected chi connectivity index (χ0v) is 12.3. The molecule has 1 saturated carbocycles. The largest absolute Gasteiger partial charge is 0.392 e. The molecule has 1 aliphatic rings. The first kappa shape index (κ1) is 13.7. The average molecular weight is 272 g/mol. The van der Waals surface area contributed by atoms with Crippen LogP contribution in [0.1, 0.15) is 50.3 Å². The van der Waals surface area contributed by atoms with Crippen LogP contribution in [0.25, 0.3) is 10.9 Å². The van der Waals surface area contributed by atoms with Gasteiger partial charge in [0.15, 0.2) is 0 Å². The zero-order valence-electron chi connectivity index (χ0n) is 12.3. The van der Waals surface area contributed by atoms with Crippen LogP contribution in [0, 0.1) is 0 Å². The van der Waals surface area contributed by atoms with Gasteiger partial charge in [0.05, 0.1) is 6.10 Å². The fourth-order valence-electron chi connectivity index (χ4n) is 3.05. The summed E-state index contributed by atoms with van der Waals surface area (Å²) in [6.45, 7) is 5.24. The number of aromatic amines is 1. The Hall–Kier alpha value is -1.32. The maximum Gasteiger partial charge on any atom is 0.0693 e. The van der Waals surface area contributed by atoms with Gasteiger partial charge >= 0.3 is 0 Å². The van der Waals surface area contributed by atoms with E-state index in [1.807, 2.05) is 0 Å². The van der Waals surface area contributed by atoms with E-state index < -0.39 is 0 Å². The molecule has 2 atom stereocenters. The summed E-state index contributed by atoms with van der Waals surface area (Å²) >= 11 is 0. The SMILES string of the molecule is CC(C)c1cc2cc(CNC3CCCC3O)ccc2[nH]1. The van der Waals surface area contributed by atoms with Crippen molar-refractivity contribution >= 4 is 10.9 Å². The van der Waals surface area contributed by atoms with E-state index in [1.54, 1.807) is 0 Å². The van der Waals surface area contributed by atoms with Crippen molar-refractivity contribution in [3.63, 3.8) is 0 Å². The molecule has 0 amide bonds. The maximum atomic E-state index is 9.84. The number of hydrogen-bond acceptors (Lipinski definition) is 2. The van der Waals surface area contributed by atoms with Crippen molar-refractivity contribution in [1.82, 2.24) is 10.3 Å². The molecular weight excluding hydrogens is 248 g/mol. The molecule has 1 aliphatic carbocycles. The highest BCUT2D eigenvalue weighted by Crippen LogP contribution is 2.23. The van der Waals surface area contributed by atoms with E-state index in [0.717, 1.165) is 25.8 Å². The van der Waals surface area contributed by atoms with Gasteiger partial charge in [0.25, 0.3) is 0 Å². The molecule has 1 aromatic carbocycles. The molecule has 0 radical (unpaired) electrons. The van der Waals surface area contributed by atoms with Gasteiger partial charge in [0.2, 0.25) is 0 Å². The van der Waals surface area contributed by atoms with Crippen LogP contribution in [0.2, 0.25) is 0 Å². The lowest BCUT2D eigenvalue weighted by Crippen LogP contribution is -2.34. The Morgan fingerprint density at radius 1 is 1.30 bits per heavy atom. The van der Waals surface area contributed by atoms with Crippen molar-refractivity contribution in [2.24, 2.45) is 0 Å². The minimum absolute atomic E-state index is 0.168. The molecule has 1 heterocycles. The molecule has 3 rings (SSSR count). The first-order valence-electron chi connectivity index (χ1n) is 7.66. The lowest BCUT2D eigenvalue weighted by atomic mass is 10.1. The maximum absolute atomic E-state index is 9.84. The fourth-order valence-corrected chi connectivity index (χ4v) is 3.05. The molecule has 2 unspecified atom stereocenters. The van der Waals surface area contributed by atoms with Crippen molar-refractivity contribution in [2.45, 2.75) is 57.7 Å². The van der Waals surface area contributed by atoms with E-state index in [0.29, 0.717) is 5.92 Å². The minimum atomic E-state index is -0.168. The molecule has 3 N–H and O–H groups in total. The smallest absolute Gasteiger partial charge is 0.0693 e. The molecule has 20 heavy (non-hydrogen) atoms. The number of H-pyrrole nitrogens is 1. The van der Waals surface area contributed by atoms with Crippen LogP contribution in [-0.2, 0) is 6.54 Å². The first-order valence-corrected chi connectivity index (χ1v) is 7.66. The number of rotatable bonds is 4. The van der Waals surface area contributed by atoms with E-state index in [9.17, 15) is 5.11 Å². The van der Waals surface area contributed by atoms with Gasteiger partial charge in [-0.2, -0.15) is 0 Å². The molecule has 0 bridgehead atoms. The molecule has 3 nitrogen and oxygen atoms in total. The Balaban J connectivity index is 1.72. The van der Waals surface area contributed by atoms with Crippen LogP contribution in [0.4, 0.5) is 0 Å². The van der Waals surface area contributed by atoms with Crippen molar-refractivity contribution < 1.29 is 5.11 Å². The van der Waals surface area contributed by atoms with E-state index in [1.165, 1.54) is 22.2 Å².